The van der Waals surface area contributed by atoms with Crippen molar-refractivity contribution in [2.75, 3.05) is 26.4 Å². The highest BCUT2D eigenvalue weighted by atomic mass is 16.5. The first-order valence-corrected chi connectivity index (χ1v) is 31.5. The molecule has 0 aromatic rings. The summed E-state index contributed by atoms with van der Waals surface area (Å²) in [5, 5.41) is 0. The van der Waals surface area contributed by atoms with E-state index in [0.29, 0.717) is 92.2 Å². The van der Waals surface area contributed by atoms with E-state index in [0.717, 1.165) is 85.9 Å². The van der Waals surface area contributed by atoms with Gasteiger partial charge in [-0.1, -0.05) is 143 Å². The van der Waals surface area contributed by atoms with Crippen LogP contribution in [0.15, 0.2) is 24.8 Å². The second kappa shape index (κ2) is 30.3. The Hall–Kier alpha value is -2.64. The van der Waals surface area contributed by atoms with Gasteiger partial charge in [0.25, 0.3) is 0 Å². The molecular weight excluding hydrogens is 909 g/mol. The summed E-state index contributed by atoms with van der Waals surface area (Å²) in [5.41, 5.74) is 0.474. The van der Waals surface area contributed by atoms with Crippen LogP contribution in [0.2, 0.25) is 0 Å². The van der Waals surface area contributed by atoms with Gasteiger partial charge in [-0.3, -0.25) is 9.59 Å². The Balaban J connectivity index is 0.808. The summed E-state index contributed by atoms with van der Waals surface area (Å²) in [6, 6.07) is 0. The Morgan fingerprint density at radius 1 is 0.438 bits per heavy atom. The summed E-state index contributed by atoms with van der Waals surface area (Å²) in [6.07, 6.45) is 43.2. The summed E-state index contributed by atoms with van der Waals surface area (Å²) in [4.78, 5) is 49.7. The fourth-order valence-electron chi connectivity index (χ4n) is 17.6. The van der Waals surface area contributed by atoms with Crippen molar-refractivity contribution in [2.45, 2.75) is 239 Å². The number of carbonyl (C=O) groups excluding carboxylic acids is 4. The Labute approximate surface area is 445 Å². The van der Waals surface area contributed by atoms with Crippen LogP contribution in [0.1, 0.15) is 239 Å². The summed E-state index contributed by atoms with van der Waals surface area (Å²) in [6.45, 7) is 15.9. The van der Waals surface area contributed by atoms with Gasteiger partial charge in [0.05, 0.1) is 26.4 Å². The zero-order chi connectivity index (χ0) is 51.5. The zero-order valence-corrected chi connectivity index (χ0v) is 46.9. The molecule has 8 nitrogen and oxygen atoms in total. The molecule has 0 spiro atoms. The van der Waals surface area contributed by atoms with Crippen LogP contribution in [0.25, 0.3) is 0 Å². The van der Waals surface area contributed by atoms with E-state index in [2.05, 4.69) is 27.0 Å². The Kier molecular flexibility index (Phi) is 24.1. The minimum atomic E-state index is -0.313. The molecule has 8 heteroatoms. The Morgan fingerprint density at radius 3 is 1.32 bits per heavy atom. The molecule has 0 aromatic carbocycles. The molecule has 0 radical (unpaired) electrons. The maximum atomic E-state index is 13.1. The second-order valence-corrected chi connectivity index (χ2v) is 26.0. The van der Waals surface area contributed by atoms with Gasteiger partial charge >= 0.3 is 23.9 Å². The van der Waals surface area contributed by atoms with E-state index in [1.54, 1.807) is 6.92 Å². The average molecular weight is 1020 g/mol. The van der Waals surface area contributed by atoms with E-state index < -0.39 is 0 Å². The van der Waals surface area contributed by atoms with Crippen molar-refractivity contribution in [3.8, 4) is 0 Å². The van der Waals surface area contributed by atoms with E-state index in [1.807, 2.05) is 0 Å². The zero-order valence-electron chi connectivity index (χ0n) is 46.9. The van der Waals surface area contributed by atoms with Gasteiger partial charge in [-0.15, -0.1) is 0 Å². The van der Waals surface area contributed by atoms with Crippen LogP contribution >= 0.6 is 0 Å². The lowest BCUT2D eigenvalue weighted by Gasteiger charge is -2.44. The van der Waals surface area contributed by atoms with Crippen molar-refractivity contribution < 1.29 is 38.1 Å². The van der Waals surface area contributed by atoms with Gasteiger partial charge in [-0.25, -0.2) is 9.59 Å². The summed E-state index contributed by atoms with van der Waals surface area (Å²) >= 11 is 0. The predicted octanol–water partition coefficient (Wildman–Crippen LogP) is 16.2. The lowest BCUT2D eigenvalue weighted by atomic mass is 9.61. The Morgan fingerprint density at radius 2 is 0.849 bits per heavy atom. The third kappa shape index (κ3) is 16.9. The van der Waals surface area contributed by atoms with Crippen LogP contribution in [0.5, 0.6) is 0 Å². The number of rotatable bonds is 36. The fraction of sp³-hybridized carbons (Fsp3) is 0.877. The minimum Gasteiger partial charge on any atom is -0.465 e. The molecule has 4 bridgehead atoms. The molecule has 73 heavy (non-hydrogen) atoms. The van der Waals surface area contributed by atoms with Crippen molar-refractivity contribution in [1.82, 2.24) is 0 Å². The molecule has 7 aliphatic carbocycles. The lowest BCUT2D eigenvalue weighted by molar-refractivity contribution is -0.147. The third-order valence-corrected chi connectivity index (χ3v) is 21.1. The molecule has 414 valence electrons. The van der Waals surface area contributed by atoms with E-state index >= 15 is 0 Å². The largest absolute Gasteiger partial charge is 0.465 e. The summed E-state index contributed by atoms with van der Waals surface area (Å²) in [7, 11) is 0. The van der Waals surface area contributed by atoms with E-state index in [4.69, 9.17) is 18.9 Å². The van der Waals surface area contributed by atoms with Gasteiger partial charge in [0.2, 0.25) is 0 Å². The summed E-state index contributed by atoms with van der Waals surface area (Å²) < 4.78 is 23.0. The minimum absolute atomic E-state index is 0.00343. The van der Waals surface area contributed by atoms with Crippen LogP contribution in [0, 0.1) is 94.7 Å². The van der Waals surface area contributed by atoms with Crippen molar-refractivity contribution in [3.63, 3.8) is 0 Å². The van der Waals surface area contributed by atoms with Gasteiger partial charge in [-0.2, -0.15) is 0 Å². The van der Waals surface area contributed by atoms with Crippen molar-refractivity contribution >= 4 is 23.9 Å². The number of hydrogen-bond donors (Lipinski definition) is 0. The number of hydrogen-bond acceptors (Lipinski definition) is 8. The van der Waals surface area contributed by atoms with Crippen molar-refractivity contribution in [1.29, 1.82) is 0 Å². The fourth-order valence-corrected chi connectivity index (χ4v) is 17.6. The highest BCUT2D eigenvalue weighted by molar-refractivity contribution is 5.86. The molecule has 0 saturated heterocycles. The third-order valence-electron chi connectivity index (χ3n) is 21.1. The maximum Gasteiger partial charge on any atom is 0.333 e. The highest BCUT2D eigenvalue weighted by Gasteiger charge is 2.57. The van der Waals surface area contributed by atoms with Gasteiger partial charge in [0, 0.05) is 24.5 Å². The highest BCUT2D eigenvalue weighted by Crippen LogP contribution is 2.63. The monoisotopic (exact) mass is 1010 g/mol. The number of unbranched alkanes of at least 4 members (excludes halogenated alkanes) is 14. The molecule has 0 N–H and O–H groups in total. The molecule has 7 saturated carbocycles. The number of fused-ring (bicyclic) bond motifs is 10. The maximum absolute atomic E-state index is 13.1. The van der Waals surface area contributed by atoms with Gasteiger partial charge < -0.3 is 18.9 Å². The normalized spacial score (nSPS) is 33.6. The average Bonchev–Trinajstić information content (AvgIpc) is 4.26. The van der Waals surface area contributed by atoms with Crippen LogP contribution < -0.4 is 0 Å². The first-order chi connectivity index (χ1) is 35.6. The molecule has 7 aliphatic rings. The Bertz CT molecular complexity index is 1720. The molecular formula is C65H106O8. The first kappa shape index (κ1) is 58.1. The molecule has 7 fully saturated rings. The molecule has 0 aromatic heterocycles. The van der Waals surface area contributed by atoms with Crippen LogP contribution in [-0.4, -0.2) is 50.3 Å². The standard InChI is InChI=1S/C65H106O8/c1-6-9-11-13-14-20-26-49-32-31-48(25-19-12-10-7-2)54(27-21-15-17-23-29-63(67)71-43-52-37-50-39-58(52)60-35-46(33-56(50)60)41-70-62(66)8-3)55(49)28-22-16-18-24-30-64(68)72-44-53-38-51-40-59(53)61-36-47(34-57(51)61)42-73-65(69)45(4)5/h8,46-61H,3-4,6-7,9-44H2,1-2,5H3/t46?,47?,48?,49?,50?,51?,52?,53?,54?,55?,56-,57-,58?,59?,60-,61-/m1/s1. The summed E-state index contributed by atoms with van der Waals surface area (Å²) in [5.74, 6) is 10.5. The number of carbonyl (C=O) groups is 4. The second-order valence-electron chi connectivity index (χ2n) is 26.0. The first-order valence-electron chi connectivity index (χ1n) is 31.5. The lowest BCUT2D eigenvalue weighted by Crippen LogP contribution is -2.35. The van der Waals surface area contributed by atoms with Gasteiger partial charge in [0.15, 0.2) is 0 Å². The molecule has 12 unspecified atom stereocenters. The molecule has 7 rings (SSSR count). The molecule has 0 heterocycles. The quantitative estimate of drug-likeness (QED) is 0.0264. The van der Waals surface area contributed by atoms with E-state index in [1.165, 1.54) is 173 Å². The predicted molar refractivity (Wildman–Crippen MR) is 293 cm³/mol. The molecule has 16 atom stereocenters. The van der Waals surface area contributed by atoms with Crippen molar-refractivity contribution in [2.24, 2.45) is 94.7 Å². The smallest absolute Gasteiger partial charge is 0.333 e. The van der Waals surface area contributed by atoms with Crippen LogP contribution in [0.3, 0.4) is 0 Å². The van der Waals surface area contributed by atoms with Gasteiger partial charge in [0.1, 0.15) is 0 Å². The SMILES string of the molecule is C=CC(=O)OCC1C[C@@H]2C3CC(COC(=O)CCCCCCC4C(CCCCCC)CCC(CCCCCCCC)C4CCCCCCC(=O)OCC4CC5CC4[C@@H]4CC(COC(=O)C(=C)C)C[C@H]54)C(C3)[C@@H]2C1. The molecule has 0 aliphatic heterocycles. The number of ether oxygens (including phenoxy) is 4. The van der Waals surface area contributed by atoms with E-state index in [9.17, 15) is 19.2 Å². The van der Waals surface area contributed by atoms with Crippen LogP contribution in [0.4, 0.5) is 0 Å². The van der Waals surface area contributed by atoms with E-state index in [-0.39, 0.29) is 23.9 Å². The number of esters is 4. The topological polar surface area (TPSA) is 105 Å². The van der Waals surface area contributed by atoms with Gasteiger partial charge in [-0.05, 0) is 192 Å². The van der Waals surface area contributed by atoms with Crippen LogP contribution in [-0.2, 0) is 38.1 Å². The van der Waals surface area contributed by atoms with Crippen molar-refractivity contribution in [3.05, 3.63) is 24.8 Å². The molecule has 0 amide bonds.